The van der Waals surface area contributed by atoms with Crippen LogP contribution in [-0.4, -0.2) is 10.1 Å². The van der Waals surface area contributed by atoms with Crippen molar-refractivity contribution in [3.63, 3.8) is 0 Å². The summed E-state index contributed by atoms with van der Waals surface area (Å²) in [5.41, 5.74) is 3.21. The number of nitrogens with zero attached hydrogens (tertiary/aromatic N) is 1. The minimum Gasteiger partial charge on any atom is -0.388 e. The summed E-state index contributed by atoms with van der Waals surface area (Å²) in [7, 11) is 0. The van der Waals surface area contributed by atoms with Gasteiger partial charge in [-0.2, -0.15) is 0 Å². The maximum atomic E-state index is 10.0. The number of aryl methyl sites for hydroxylation is 1. The molecule has 0 amide bonds. The second kappa shape index (κ2) is 4.90. The molecule has 0 fully saturated rings. The standard InChI is InChI=1S/C14H15NO/c1-11-4-6-13(7-5-11)14(16)9-12-3-2-8-15-10-12/h2-8,10,14,16H,9H2,1H3. The van der Waals surface area contributed by atoms with Crippen molar-refractivity contribution >= 4 is 0 Å². The normalized spacial score (nSPS) is 12.4. The van der Waals surface area contributed by atoms with Gasteiger partial charge < -0.3 is 5.11 Å². The molecule has 1 atom stereocenters. The molecule has 0 spiro atoms. The summed E-state index contributed by atoms with van der Waals surface area (Å²) in [6.07, 6.45) is 3.68. The van der Waals surface area contributed by atoms with Crippen LogP contribution < -0.4 is 0 Å². The SMILES string of the molecule is Cc1ccc(C(O)Cc2cccnc2)cc1. The first-order valence-corrected chi connectivity index (χ1v) is 5.39. The van der Waals surface area contributed by atoms with Crippen molar-refractivity contribution < 1.29 is 5.11 Å². The molecule has 2 rings (SSSR count). The summed E-state index contributed by atoms with van der Waals surface area (Å²) in [5.74, 6) is 0. The lowest BCUT2D eigenvalue weighted by Gasteiger charge is -2.10. The second-order valence-corrected chi connectivity index (χ2v) is 3.99. The Morgan fingerprint density at radius 3 is 2.56 bits per heavy atom. The molecule has 82 valence electrons. The smallest absolute Gasteiger partial charge is 0.0830 e. The topological polar surface area (TPSA) is 33.1 Å². The van der Waals surface area contributed by atoms with Crippen molar-refractivity contribution in [2.24, 2.45) is 0 Å². The summed E-state index contributed by atoms with van der Waals surface area (Å²) < 4.78 is 0. The highest BCUT2D eigenvalue weighted by atomic mass is 16.3. The highest BCUT2D eigenvalue weighted by Crippen LogP contribution is 2.18. The van der Waals surface area contributed by atoms with Crippen LogP contribution in [0, 0.1) is 6.92 Å². The molecule has 16 heavy (non-hydrogen) atoms. The van der Waals surface area contributed by atoms with E-state index in [1.54, 1.807) is 12.4 Å². The summed E-state index contributed by atoms with van der Waals surface area (Å²) in [5, 5.41) is 10.0. The van der Waals surface area contributed by atoms with Crippen LogP contribution in [0.1, 0.15) is 22.8 Å². The van der Waals surface area contributed by atoms with Crippen LogP contribution >= 0.6 is 0 Å². The molecule has 1 unspecified atom stereocenters. The maximum absolute atomic E-state index is 10.0. The first-order valence-electron chi connectivity index (χ1n) is 5.39. The van der Waals surface area contributed by atoms with Gasteiger partial charge in [0.1, 0.15) is 0 Å². The van der Waals surface area contributed by atoms with E-state index in [0.29, 0.717) is 6.42 Å². The largest absolute Gasteiger partial charge is 0.388 e. The van der Waals surface area contributed by atoms with Gasteiger partial charge in [-0.15, -0.1) is 0 Å². The van der Waals surface area contributed by atoms with Crippen LogP contribution in [0.5, 0.6) is 0 Å². The van der Waals surface area contributed by atoms with E-state index in [9.17, 15) is 5.11 Å². The Morgan fingerprint density at radius 1 is 1.19 bits per heavy atom. The Kier molecular flexibility index (Phi) is 3.32. The molecule has 0 aliphatic carbocycles. The lowest BCUT2D eigenvalue weighted by Crippen LogP contribution is -2.01. The third-order valence-electron chi connectivity index (χ3n) is 2.61. The van der Waals surface area contributed by atoms with E-state index in [1.807, 2.05) is 43.3 Å². The molecule has 1 heterocycles. The number of aromatic nitrogens is 1. The third kappa shape index (κ3) is 2.67. The summed E-state index contributed by atoms with van der Waals surface area (Å²) in [6.45, 7) is 2.04. The van der Waals surface area contributed by atoms with Crippen molar-refractivity contribution in [1.82, 2.24) is 4.98 Å². The van der Waals surface area contributed by atoms with Gasteiger partial charge in [0.2, 0.25) is 0 Å². The van der Waals surface area contributed by atoms with Crippen LogP contribution in [0.3, 0.4) is 0 Å². The quantitative estimate of drug-likeness (QED) is 0.850. The molecule has 0 radical (unpaired) electrons. The van der Waals surface area contributed by atoms with E-state index >= 15 is 0 Å². The molecule has 0 aliphatic rings. The van der Waals surface area contributed by atoms with E-state index in [1.165, 1.54) is 5.56 Å². The third-order valence-corrected chi connectivity index (χ3v) is 2.61. The molecule has 0 saturated heterocycles. The zero-order chi connectivity index (χ0) is 11.4. The number of hydrogen-bond donors (Lipinski definition) is 1. The predicted octanol–water partition coefficient (Wildman–Crippen LogP) is 2.67. The number of benzene rings is 1. The maximum Gasteiger partial charge on any atom is 0.0830 e. The molecular formula is C14H15NO. The fraction of sp³-hybridized carbons (Fsp3) is 0.214. The molecule has 2 nitrogen and oxygen atoms in total. The predicted molar refractivity (Wildman–Crippen MR) is 64.1 cm³/mol. The van der Waals surface area contributed by atoms with Gasteiger partial charge in [-0.05, 0) is 24.1 Å². The highest BCUT2D eigenvalue weighted by Gasteiger charge is 2.07. The number of rotatable bonds is 3. The van der Waals surface area contributed by atoms with E-state index in [-0.39, 0.29) is 0 Å². The van der Waals surface area contributed by atoms with Crippen LogP contribution in [0.15, 0.2) is 48.8 Å². The van der Waals surface area contributed by atoms with Crippen molar-refractivity contribution in [1.29, 1.82) is 0 Å². The molecule has 0 bridgehead atoms. The van der Waals surface area contributed by atoms with Crippen LogP contribution in [-0.2, 0) is 6.42 Å². The van der Waals surface area contributed by atoms with Gasteiger partial charge in [-0.3, -0.25) is 4.98 Å². The van der Waals surface area contributed by atoms with Gasteiger partial charge >= 0.3 is 0 Å². The Morgan fingerprint density at radius 2 is 1.94 bits per heavy atom. The summed E-state index contributed by atoms with van der Waals surface area (Å²) >= 11 is 0. The van der Waals surface area contributed by atoms with Gasteiger partial charge in [0, 0.05) is 18.8 Å². The molecule has 1 aromatic carbocycles. The Hall–Kier alpha value is -1.67. The van der Waals surface area contributed by atoms with Gasteiger partial charge in [-0.25, -0.2) is 0 Å². The minimum atomic E-state index is -0.454. The summed E-state index contributed by atoms with van der Waals surface area (Å²) in [6, 6.07) is 11.8. The van der Waals surface area contributed by atoms with Crippen molar-refractivity contribution in [2.45, 2.75) is 19.4 Å². The van der Waals surface area contributed by atoms with E-state index in [0.717, 1.165) is 11.1 Å². The Bertz CT molecular complexity index is 436. The number of hydrogen-bond acceptors (Lipinski definition) is 2. The van der Waals surface area contributed by atoms with E-state index < -0.39 is 6.10 Å². The van der Waals surface area contributed by atoms with Crippen molar-refractivity contribution in [2.75, 3.05) is 0 Å². The number of aliphatic hydroxyl groups excluding tert-OH is 1. The molecule has 0 aliphatic heterocycles. The van der Waals surface area contributed by atoms with E-state index in [2.05, 4.69) is 4.98 Å². The fourth-order valence-electron chi connectivity index (χ4n) is 1.65. The summed E-state index contributed by atoms with van der Waals surface area (Å²) in [4.78, 5) is 4.03. The Labute approximate surface area is 95.6 Å². The van der Waals surface area contributed by atoms with Crippen LogP contribution in [0.25, 0.3) is 0 Å². The lowest BCUT2D eigenvalue weighted by molar-refractivity contribution is 0.178. The fourth-order valence-corrected chi connectivity index (χ4v) is 1.65. The minimum absolute atomic E-state index is 0.454. The zero-order valence-corrected chi connectivity index (χ0v) is 9.30. The van der Waals surface area contributed by atoms with Gasteiger partial charge in [0.15, 0.2) is 0 Å². The molecular weight excluding hydrogens is 198 g/mol. The molecule has 1 aromatic heterocycles. The van der Waals surface area contributed by atoms with Crippen LogP contribution in [0.4, 0.5) is 0 Å². The molecule has 2 aromatic rings. The number of aliphatic hydroxyl groups is 1. The van der Waals surface area contributed by atoms with Gasteiger partial charge in [-0.1, -0.05) is 35.9 Å². The average molecular weight is 213 g/mol. The first kappa shape index (κ1) is 10.8. The monoisotopic (exact) mass is 213 g/mol. The molecule has 1 N–H and O–H groups in total. The first-order chi connectivity index (χ1) is 7.75. The van der Waals surface area contributed by atoms with E-state index in [4.69, 9.17) is 0 Å². The zero-order valence-electron chi connectivity index (χ0n) is 9.30. The second-order valence-electron chi connectivity index (χ2n) is 3.99. The average Bonchev–Trinajstić information content (AvgIpc) is 2.31. The molecule has 0 saturated carbocycles. The van der Waals surface area contributed by atoms with Crippen molar-refractivity contribution in [3.8, 4) is 0 Å². The van der Waals surface area contributed by atoms with Gasteiger partial charge in [0.25, 0.3) is 0 Å². The van der Waals surface area contributed by atoms with Crippen molar-refractivity contribution in [3.05, 3.63) is 65.5 Å². The van der Waals surface area contributed by atoms with Gasteiger partial charge in [0.05, 0.1) is 6.10 Å². The lowest BCUT2D eigenvalue weighted by atomic mass is 10.0. The molecule has 2 heteroatoms. The highest BCUT2D eigenvalue weighted by molar-refractivity contribution is 5.24. The number of pyridine rings is 1. The van der Waals surface area contributed by atoms with Crippen LogP contribution in [0.2, 0.25) is 0 Å². The Balaban J connectivity index is 2.09.